The zero-order valence-electron chi connectivity index (χ0n) is 17.2. The van der Waals surface area contributed by atoms with E-state index in [1.54, 1.807) is 16.9 Å². The monoisotopic (exact) mass is 430 g/mol. The quantitative estimate of drug-likeness (QED) is 0.533. The largest absolute Gasteiger partial charge is 0.473 e. The molecule has 0 amide bonds. The van der Waals surface area contributed by atoms with Crippen LogP contribution in [0.1, 0.15) is 63.1 Å². The average Bonchev–Trinajstić information content (AvgIpc) is 3.14. The summed E-state index contributed by atoms with van der Waals surface area (Å²) in [6.45, 7) is 2.65. The van der Waals surface area contributed by atoms with Gasteiger partial charge in [-0.05, 0) is 43.7 Å². The van der Waals surface area contributed by atoms with E-state index < -0.39 is 0 Å². The van der Waals surface area contributed by atoms with E-state index in [0.717, 1.165) is 36.9 Å². The van der Waals surface area contributed by atoms with Crippen molar-refractivity contribution in [3.8, 4) is 11.9 Å². The predicted molar refractivity (Wildman–Crippen MR) is 115 cm³/mol. The van der Waals surface area contributed by atoms with Crippen LogP contribution in [0.25, 0.3) is 5.65 Å². The summed E-state index contributed by atoms with van der Waals surface area (Å²) in [4.78, 5) is 13.0. The number of aromatic nitrogens is 5. The normalized spacial score (nSPS) is 14.9. The van der Waals surface area contributed by atoms with Crippen molar-refractivity contribution in [3.05, 3.63) is 34.7 Å². The molecule has 1 fully saturated rings. The Hall–Kier alpha value is -2.61. The van der Waals surface area contributed by atoms with Gasteiger partial charge in [0.05, 0.1) is 18.5 Å². The molecule has 9 heteroatoms. The lowest BCUT2D eigenvalue weighted by Gasteiger charge is -2.22. The molecule has 3 heterocycles. The third-order valence-electron chi connectivity index (χ3n) is 5.25. The first-order valence-corrected chi connectivity index (χ1v) is 11.0. The summed E-state index contributed by atoms with van der Waals surface area (Å²) < 4.78 is 13.3. The highest BCUT2D eigenvalue weighted by molar-refractivity contribution is 6.31. The fourth-order valence-electron chi connectivity index (χ4n) is 3.62. The number of ether oxygens (including phenoxy) is 2. The molecule has 0 saturated heterocycles. The van der Waals surface area contributed by atoms with Crippen molar-refractivity contribution in [2.75, 3.05) is 12.3 Å². The number of fused-ring (bicyclic) bond motifs is 1. The van der Waals surface area contributed by atoms with Gasteiger partial charge in [-0.2, -0.15) is 4.98 Å². The molecule has 0 bridgehead atoms. The predicted octanol–water partition coefficient (Wildman–Crippen LogP) is 4.24. The maximum Gasteiger partial charge on any atom is 0.336 e. The van der Waals surface area contributed by atoms with E-state index in [9.17, 15) is 0 Å². The number of imidazole rings is 1. The van der Waals surface area contributed by atoms with Gasteiger partial charge in [-0.3, -0.25) is 0 Å². The van der Waals surface area contributed by atoms with Gasteiger partial charge in [0.1, 0.15) is 11.1 Å². The molecule has 1 aliphatic rings. The lowest BCUT2D eigenvalue weighted by Crippen LogP contribution is -2.20. The minimum Gasteiger partial charge on any atom is -0.473 e. The Labute approximate surface area is 180 Å². The summed E-state index contributed by atoms with van der Waals surface area (Å²) in [7, 11) is 0. The van der Waals surface area contributed by atoms with E-state index in [0.29, 0.717) is 29.6 Å². The van der Waals surface area contributed by atoms with Crippen LogP contribution in [-0.2, 0) is 6.42 Å². The standard InChI is InChI=1S/C21H27ClN6O2/c1-2-3-9-29-21-26-18(23)19-24-13-15(28(19)27-21)10-14-11-17(22)20(25-12-14)30-16-7-5-4-6-8-16/h11-13,16H,2-10H2,1H3,(H2,23,26,27). The van der Waals surface area contributed by atoms with Crippen LogP contribution in [0, 0.1) is 0 Å². The number of halogens is 1. The van der Waals surface area contributed by atoms with Gasteiger partial charge in [0.25, 0.3) is 0 Å². The molecule has 30 heavy (non-hydrogen) atoms. The molecule has 2 N–H and O–H groups in total. The number of pyridine rings is 1. The zero-order valence-corrected chi connectivity index (χ0v) is 17.9. The molecule has 1 saturated carbocycles. The molecule has 3 aromatic heterocycles. The van der Waals surface area contributed by atoms with Gasteiger partial charge in [0.15, 0.2) is 11.5 Å². The summed E-state index contributed by atoms with van der Waals surface area (Å²) >= 11 is 6.45. The van der Waals surface area contributed by atoms with Gasteiger partial charge >= 0.3 is 6.01 Å². The number of hydrogen-bond donors (Lipinski definition) is 1. The van der Waals surface area contributed by atoms with Crippen LogP contribution < -0.4 is 15.2 Å². The van der Waals surface area contributed by atoms with Crippen molar-refractivity contribution in [2.24, 2.45) is 0 Å². The molecule has 0 radical (unpaired) electrons. The van der Waals surface area contributed by atoms with Crippen molar-refractivity contribution >= 4 is 23.1 Å². The molecule has 0 atom stereocenters. The molecule has 0 spiro atoms. The Morgan fingerprint density at radius 3 is 2.80 bits per heavy atom. The summed E-state index contributed by atoms with van der Waals surface area (Å²) in [5.74, 6) is 0.791. The summed E-state index contributed by atoms with van der Waals surface area (Å²) in [6, 6.07) is 2.13. The van der Waals surface area contributed by atoms with Gasteiger partial charge in [-0.15, -0.1) is 5.10 Å². The lowest BCUT2D eigenvalue weighted by molar-refractivity contribution is 0.149. The van der Waals surface area contributed by atoms with Crippen LogP contribution in [-0.4, -0.2) is 37.3 Å². The fourth-order valence-corrected chi connectivity index (χ4v) is 3.85. The third-order valence-corrected chi connectivity index (χ3v) is 5.52. The average molecular weight is 431 g/mol. The molecular weight excluding hydrogens is 404 g/mol. The number of nitrogens with two attached hydrogens (primary N) is 1. The van der Waals surface area contributed by atoms with Crippen LogP contribution in [0.5, 0.6) is 11.9 Å². The van der Waals surface area contributed by atoms with Gasteiger partial charge in [0, 0.05) is 12.6 Å². The molecule has 3 aromatic rings. The highest BCUT2D eigenvalue weighted by Gasteiger charge is 2.18. The van der Waals surface area contributed by atoms with E-state index in [1.165, 1.54) is 19.3 Å². The molecule has 160 valence electrons. The number of hydrogen-bond acceptors (Lipinski definition) is 7. The zero-order chi connectivity index (χ0) is 20.9. The number of rotatable bonds is 8. The second kappa shape index (κ2) is 9.47. The van der Waals surface area contributed by atoms with Gasteiger partial charge < -0.3 is 15.2 Å². The van der Waals surface area contributed by atoms with E-state index >= 15 is 0 Å². The first kappa shape index (κ1) is 20.7. The van der Waals surface area contributed by atoms with E-state index in [1.807, 2.05) is 6.07 Å². The minimum absolute atomic E-state index is 0.208. The van der Waals surface area contributed by atoms with E-state index in [2.05, 4.69) is 27.0 Å². The first-order valence-electron chi connectivity index (χ1n) is 10.6. The molecule has 0 unspecified atom stereocenters. The van der Waals surface area contributed by atoms with Crippen LogP contribution in [0.3, 0.4) is 0 Å². The number of nitrogen functional groups attached to an aromatic ring is 1. The SMILES string of the molecule is CCCCOc1nc(N)c2ncc(Cc3cnc(OC4CCCCC4)c(Cl)c3)n2n1. The Bertz CT molecular complexity index is 1000. The second-order valence-electron chi connectivity index (χ2n) is 7.65. The summed E-state index contributed by atoms with van der Waals surface area (Å²) in [6.07, 6.45) is 12.0. The summed E-state index contributed by atoms with van der Waals surface area (Å²) in [5.41, 5.74) is 8.32. The van der Waals surface area contributed by atoms with E-state index in [4.69, 9.17) is 26.8 Å². The van der Waals surface area contributed by atoms with Crippen molar-refractivity contribution in [1.82, 2.24) is 24.6 Å². The molecule has 8 nitrogen and oxygen atoms in total. The van der Waals surface area contributed by atoms with Crippen LogP contribution >= 0.6 is 11.6 Å². The Morgan fingerprint density at radius 2 is 2.03 bits per heavy atom. The molecule has 4 rings (SSSR count). The highest BCUT2D eigenvalue weighted by atomic mass is 35.5. The molecule has 1 aliphatic carbocycles. The third kappa shape index (κ3) is 4.75. The molecule has 0 aliphatic heterocycles. The van der Waals surface area contributed by atoms with Crippen molar-refractivity contribution in [1.29, 1.82) is 0 Å². The molecular formula is C21H27ClN6O2. The van der Waals surface area contributed by atoms with Gasteiger partial charge in [-0.25, -0.2) is 14.5 Å². The van der Waals surface area contributed by atoms with E-state index in [-0.39, 0.29) is 17.9 Å². The minimum atomic E-state index is 0.208. The topological polar surface area (TPSA) is 100 Å². The Morgan fingerprint density at radius 1 is 1.20 bits per heavy atom. The first-order chi connectivity index (χ1) is 14.6. The number of nitrogens with zero attached hydrogens (tertiary/aromatic N) is 5. The number of anilines is 1. The van der Waals surface area contributed by atoms with Gasteiger partial charge in [0.2, 0.25) is 5.88 Å². The Kier molecular flexibility index (Phi) is 6.52. The molecule has 0 aromatic carbocycles. The fraction of sp³-hybridized carbons (Fsp3) is 0.524. The van der Waals surface area contributed by atoms with Crippen LogP contribution in [0.2, 0.25) is 5.02 Å². The van der Waals surface area contributed by atoms with Crippen LogP contribution in [0.4, 0.5) is 5.82 Å². The smallest absolute Gasteiger partial charge is 0.336 e. The maximum absolute atomic E-state index is 6.45. The second-order valence-corrected chi connectivity index (χ2v) is 8.06. The summed E-state index contributed by atoms with van der Waals surface area (Å²) in [5, 5.41) is 4.96. The van der Waals surface area contributed by atoms with Crippen molar-refractivity contribution in [3.63, 3.8) is 0 Å². The van der Waals surface area contributed by atoms with Crippen molar-refractivity contribution in [2.45, 2.75) is 64.4 Å². The highest BCUT2D eigenvalue weighted by Crippen LogP contribution is 2.28. The van der Waals surface area contributed by atoms with Crippen LogP contribution in [0.15, 0.2) is 18.5 Å². The van der Waals surface area contributed by atoms with Crippen molar-refractivity contribution < 1.29 is 9.47 Å². The lowest BCUT2D eigenvalue weighted by atomic mass is 9.98. The maximum atomic E-state index is 6.45. The van der Waals surface area contributed by atoms with Gasteiger partial charge in [-0.1, -0.05) is 31.4 Å². The Balaban J connectivity index is 1.51. The number of unbranched alkanes of at least 4 members (excludes halogenated alkanes) is 1.